The Bertz CT molecular complexity index is 691. The minimum atomic E-state index is -1.10. The molecule has 0 aromatic heterocycles. The summed E-state index contributed by atoms with van der Waals surface area (Å²) in [5, 5.41) is 12.6. The number of methoxy groups -OCH3 is 2. The average Bonchev–Trinajstić information content (AvgIpc) is 2.60. The molecule has 0 spiro atoms. The summed E-state index contributed by atoms with van der Waals surface area (Å²) in [5.41, 5.74) is 1.02. The van der Waals surface area contributed by atoms with Gasteiger partial charge in [-0.05, 0) is 24.0 Å². The van der Waals surface area contributed by atoms with E-state index in [-0.39, 0.29) is 0 Å². The lowest BCUT2D eigenvalue weighted by Crippen LogP contribution is -2.44. The van der Waals surface area contributed by atoms with E-state index < -0.39 is 23.7 Å². The molecule has 1 aliphatic rings. The number of nitrogens with one attached hydrogen (secondary N) is 1. The monoisotopic (exact) mass is 332 g/mol. The van der Waals surface area contributed by atoms with Crippen molar-refractivity contribution in [3.63, 3.8) is 0 Å². The molecule has 1 aromatic rings. The summed E-state index contributed by atoms with van der Waals surface area (Å²) in [5.74, 6) is -2.28. The zero-order chi connectivity index (χ0) is 17.0. The summed E-state index contributed by atoms with van der Waals surface area (Å²) < 4.78 is 9.87. The molecule has 1 amide bonds. The highest BCUT2D eigenvalue weighted by molar-refractivity contribution is 8.02. The number of thioether (sulfide) groups is 1. The number of hydrogen-bond acceptors (Lipinski definition) is 6. The highest BCUT2D eigenvalue weighted by atomic mass is 32.2. The third kappa shape index (κ3) is 3.17. The zero-order valence-electron chi connectivity index (χ0n) is 13.0. The van der Waals surface area contributed by atoms with Gasteiger partial charge < -0.3 is 14.8 Å². The van der Waals surface area contributed by atoms with E-state index >= 15 is 0 Å². The first-order valence-corrected chi connectivity index (χ1v) is 8.00. The number of carbonyl (C=O) groups is 2. The SMILES string of the molecule is COC(=O)[C@@H]1C(=O)NC(SC)=C(C#N)[C@@H]1c1ccc(OC)cc1. The standard InChI is InChI=1S/C16H16N2O4S/c1-21-10-6-4-9(5-7-10)12-11(8-17)15(23-3)18-14(19)13(12)16(20)22-2/h4-7,12-13H,1-3H3,(H,18,19)/t12-,13-/m0/s1. The largest absolute Gasteiger partial charge is 0.497 e. The van der Waals surface area contributed by atoms with Crippen LogP contribution in [0.3, 0.4) is 0 Å². The molecule has 6 nitrogen and oxygen atoms in total. The van der Waals surface area contributed by atoms with Crippen LogP contribution in [0, 0.1) is 17.2 Å². The topological polar surface area (TPSA) is 88.4 Å². The van der Waals surface area contributed by atoms with Gasteiger partial charge in [0.25, 0.3) is 0 Å². The molecule has 2 atom stereocenters. The molecule has 1 heterocycles. The van der Waals surface area contributed by atoms with E-state index in [4.69, 9.17) is 9.47 Å². The minimum Gasteiger partial charge on any atom is -0.497 e. The number of carbonyl (C=O) groups excluding carboxylic acids is 2. The number of allylic oxidation sites excluding steroid dienone is 1. The van der Waals surface area contributed by atoms with Gasteiger partial charge in [-0.3, -0.25) is 9.59 Å². The van der Waals surface area contributed by atoms with E-state index in [1.165, 1.54) is 18.9 Å². The number of benzene rings is 1. The molecule has 0 saturated carbocycles. The van der Waals surface area contributed by atoms with Crippen molar-refractivity contribution in [3.05, 3.63) is 40.4 Å². The van der Waals surface area contributed by atoms with Crippen molar-refractivity contribution in [2.75, 3.05) is 20.5 Å². The van der Waals surface area contributed by atoms with Crippen LogP contribution in [0.5, 0.6) is 5.75 Å². The summed E-state index contributed by atoms with van der Waals surface area (Å²) in [6.07, 6.45) is 1.76. The Labute approximate surface area is 138 Å². The van der Waals surface area contributed by atoms with Crippen LogP contribution in [0.2, 0.25) is 0 Å². The second kappa shape index (κ2) is 7.20. The van der Waals surface area contributed by atoms with Crippen molar-refractivity contribution in [3.8, 4) is 11.8 Å². The third-order valence-electron chi connectivity index (χ3n) is 3.66. The Kier molecular flexibility index (Phi) is 5.29. The van der Waals surface area contributed by atoms with Gasteiger partial charge in [0, 0.05) is 5.92 Å². The average molecular weight is 332 g/mol. The Morgan fingerprint density at radius 3 is 2.43 bits per heavy atom. The molecule has 0 radical (unpaired) electrons. The first-order valence-electron chi connectivity index (χ1n) is 6.78. The number of nitriles is 1. The lowest BCUT2D eigenvalue weighted by molar-refractivity contribution is -0.150. The first kappa shape index (κ1) is 16.9. The Balaban J connectivity index is 2.59. The molecule has 120 valence electrons. The van der Waals surface area contributed by atoms with E-state index in [9.17, 15) is 14.9 Å². The second-order valence-electron chi connectivity index (χ2n) is 4.80. The maximum atomic E-state index is 12.3. The predicted octanol–water partition coefficient (Wildman–Crippen LogP) is 1.80. The smallest absolute Gasteiger partial charge is 0.319 e. The van der Waals surface area contributed by atoms with Crippen molar-refractivity contribution < 1.29 is 19.1 Å². The molecule has 1 N–H and O–H groups in total. The van der Waals surface area contributed by atoms with Crippen molar-refractivity contribution in [1.82, 2.24) is 5.32 Å². The van der Waals surface area contributed by atoms with Gasteiger partial charge in [-0.1, -0.05) is 12.1 Å². The summed E-state index contributed by atoms with van der Waals surface area (Å²) in [4.78, 5) is 24.4. The fraction of sp³-hybridized carbons (Fsp3) is 0.312. The van der Waals surface area contributed by atoms with Crippen molar-refractivity contribution in [2.45, 2.75) is 5.92 Å². The molecule has 2 rings (SSSR count). The van der Waals surface area contributed by atoms with Gasteiger partial charge in [0.1, 0.15) is 11.7 Å². The van der Waals surface area contributed by atoms with Gasteiger partial charge in [0.05, 0.1) is 30.9 Å². The van der Waals surface area contributed by atoms with Crippen LogP contribution in [0.15, 0.2) is 34.9 Å². The summed E-state index contributed by atoms with van der Waals surface area (Å²) in [6.45, 7) is 0. The molecule has 7 heteroatoms. The molecule has 0 unspecified atom stereocenters. The highest BCUT2D eigenvalue weighted by Crippen LogP contribution is 2.39. The van der Waals surface area contributed by atoms with Gasteiger partial charge in [-0.25, -0.2) is 0 Å². The molecule has 0 saturated heterocycles. The van der Waals surface area contributed by atoms with Crippen LogP contribution in [0.25, 0.3) is 0 Å². The van der Waals surface area contributed by atoms with E-state index in [0.717, 1.165) is 0 Å². The molecular formula is C16H16N2O4S. The molecule has 0 aliphatic carbocycles. The first-order chi connectivity index (χ1) is 11.1. The van der Waals surface area contributed by atoms with Gasteiger partial charge >= 0.3 is 5.97 Å². The maximum absolute atomic E-state index is 12.3. The minimum absolute atomic E-state index is 0.345. The fourth-order valence-corrected chi connectivity index (χ4v) is 3.13. The number of hydrogen-bond donors (Lipinski definition) is 1. The molecule has 23 heavy (non-hydrogen) atoms. The lowest BCUT2D eigenvalue weighted by Gasteiger charge is -2.30. The third-order valence-corrected chi connectivity index (χ3v) is 4.39. The maximum Gasteiger partial charge on any atom is 0.319 e. The van der Waals surface area contributed by atoms with Crippen LogP contribution in [0.4, 0.5) is 0 Å². The normalized spacial score (nSPS) is 20.5. The molecule has 0 bridgehead atoms. The van der Waals surface area contributed by atoms with E-state index in [1.807, 2.05) is 0 Å². The van der Waals surface area contributed by atoms with Crippen molar-refractivity contribution in [1.29, 1.82) is 5.26 Å². The summed E-state index contributed by atoms with van der Waals surface area (Å²) >= 11 is 1.26. The Morgan fingerprint density at radius 2 is 1.96 bits per heavy atom. The van der Waals surface area contributed by atoms with Gasteiger partial charge in [-0.15, -0.1) is 11.8 Å². The van der Waals surface area contributed by atoms with Crippen molar-refractivity contribution in [2.24, 2.45) is 5.92 Å². The number of nitrogens with zero attached hydrogens (tertiary/aromatic N) is 1. The van der Waals surface area contributed by atoms with E-state index in [1.54, 1.807) is 37.6 Å². The number of ether oxygens (including phenoxy) is 2. The van der Waals surface area contributed by atoms with Crippen molar-refractivity contribution >= 4 is 23.6 Å². The highest BCUT2D eigenvalue weighted by Gasteiger charge is 2.44. The van der Waals surface area contributed by atoms with Crippen LogP contribution < -0.4 is 10.1 Å². The molecule has 1 aliphatic heterocycles. The number of amides is 1. The Morgan fingerprint density at radius 1 is 1.30 bits per heavy atom. The van der Waals surface area contributed by atoms with Crippen LogP contribution in [-0.2, 0) is 14.3 Å². The van der Waals surface area contributed by atoms with Gasteiger partial charge in [0.15, 0.2) is 0 Å². The Hall–Kier alpha value is -2.46. The van der Waals surface area contributed by atoms with Gasteiger partial charge in [0.2, 0.25) is 5.91 Å². The quantitative estimate of drug-likeness (QED) is 0.668. The lowest BCUT2D eigenvalue weighted by atomic mass is 9.78. The van der Waals surface area contributed by atoms with E-state index in [2.05, 4.69) is 11.4 Å². The molecular weight excluding hydrogens is 316 g/mol. The number of esters is 1. The molecule has 0 fully saturated rings. The van der Waals surface area contributed by atoms with Crippen LogP contribution in [0.1, 0.15) is 11.5 Å². The molecule has 1 aromatic carbocycles. The fourth-order valence-electron chi connectivity index (χ4n) is 2.54. The summed E-state index contributed by atoms with van der Waals surface area (Å²) in [7, 11) is 2.77. The van der Waals surface area contributed by atoms with Gasteiger partial charge in [-0.2, -0.15) is 5.26 Å². The predicted molar refractivity (Wildman–Crippen MR) is 85.5 cm³/mol. The van der Waals surface area contributed by atoms with Crippen LogP contribution >= 0.6 is 11.8 Å². The number of rotatable bonds is 4. The second-order valence-corrected chi connectivity index (χ2v) is 5.62. The zero-order valence-corrected chi connectivity index (χ0v) is 13.8. The van der Waals surface area contributed by atoms with Crippen LogP contribution in [-0.4, -0.2) is 32.4 Å². The summed E-state index contributed by atoms with van der Waals surface area (Å²) in [6, 6.07) is 9.06. The van der Waals surface area contributed by atoms with E-state index in [0.29, 0.717) is 21.9 Å².